The second-order valence-corrected chi connectivity index (χ2v) is 6.39. The van der Waals surface area contributed by atoms with E-state index in [2.05, 4.69) is 36.2 Å². The van der Waals surface area contributed by atoms with Crippen molar-refractivity contribution in [2.75, 3.05) is 13.2 Å². The second-order valence-electron chi connectivity index (χ2n) is 6.39. The van der Waals surface area contributed by atoms with Crippen LogP contribution in [0, 0.1) is 6.92 Å². The van der Waals surface area contributed by atoms with Crippen LogP contribution in [0.15, 0.2) is 53.6 Å². The lowest BCUT2D eigenvalue weighted by atomic mass is 10.0. The van der Waals surface area contributed by atoms with Gasteiger partial charge in [0.2, 0.25) is 0 Å². The molecule has 4 nitrogen and oxygen atoms in total. The van der Waals surface area contributed by atoms with Crippen LogP contribution in [-0.4, -0.2) is 30.2 Å². The third-order valence-electron chi connectivity index (χ3n) is 4.43. The predicted octanol–water partition coefficient (Wildman–Crippen LogP) is 4.40. The quantitative estimate of drug-likeness (QED) is 0.704. The van der Waals surface area contributed by atoms with Crippen molar-refractivity contribution in [3.05, 3.63) is 65.2 Å². The van der Waals surface area contributed by atoms with E-state index in [1.807, 2.05) is 25.1 Å². The smallest absolute Gasteiger partial charge is 0.150 e. The van der Waals surface area contributed by atoms with Crippen LogP contribution in [0.5, 0.6) is 5.75 Å². The van der Waals surface area contributed by atoms with E-state index >= 15 is 0 Å². The summed E-state index contributed by atoms with van der Waals surface area (Å²) in [6.45, 7) is 5.54. The first-order chi connectivity index (χ1) is 12.2. The van der Waals surface area contributed by atoms with Crippen LogP contribution in [0.3, 0.4) is 0 Å². The zero-order valence-corrected chi connectivity index (χ0v) is 14.8. The number of carbonyl (C=O) groups excluding carboxylic acids is 1. The van der Waals surface area contributed by atoms with Gasteiger partial charge in [-0.25, -0.2) is 0 Å². The Kier molecular flexibility index (Phi) is 5.49. The van der Waals surface area contributed by atoms with Crippen molar-refractivity contribution in [3.63, 3.8) is 0 Å². The van der Waals surface area contributed by atoms with Crippen molar-refractivity contribution in [2.45, 2.75) is 32.7 Å². The van der Waals surface area contributed by atoms with Crippen LogP contribution < -0.4 is 4.74 Å². The summed E-state index contributed by atoms with van der Waals surface area (Å²) in [5, 5.41) is 6.96. The fourth-order valence-corrected chi connectivity index (χ4v) is 3.18. The number of aldehydes is 1. The summed E-state index contributed by atoms with van der Waals surface area (Å²) in [6, 6.07) is 16.3. The molecule has 0 fully saturated rings. The fraction of sp³-hybridized carbons (Fsp3) is 0.333. The topological polar surface area (TPSA) is 41.9 Å². The second kappa shape index (κ2) is 7.97. The zero-order chi connectivity index (χ0) is 17.6. The maximum atomic E-state index is 10.8. The Hall–Kier alpha value is -2.62. The van der Waals surface area contributed by atoms with E-state index in [0.29, 0.717) is 18.2 Å². The molecule has 0 aromatic heterocycles. The van der Waals surface area contributed by atoms with Gasteiger partial charge in [-0.05, 0) is 42.7 Å². The van der Waals surface area contributed by atoms with Crippen LogP contribution in [0.4, 0.5) is 0 Å². The highest BCUT2D eigenvalue weighted by atomic mass is 16.5. The number of hydrazone groups is 1. The molecular formula is C21H24N2O2. The third-order valence-corrected chi connectivity index (χ3v) is 4.43. The number of rotatable bonds is 7. The molecule has 4 heteroatoms. The van der Waals surface area contributed by atoms with E-state index in [1.165, 1.54) is 5.56 Å². The van der Waals surface area contributed by atoms with E-state index in [9.17, 15) is 4.79 Å². The molecule has 0 radical (unpaired) electrons. The molecule has 1 atom stereocenters. The molecule has 1 unspecified atom stereocenters. The third kappa shape index (κ3) is 4.08. The number of hydrogen-bond acceptors (Lipinski definition) is 4. The molecule has 2 aromatic rings. The van der Waals surface area contributed by atoms with Gasteiger partial charge in [0.05, 0.1) is 11.8 Å². The van der Waals surface area contributed by atoms with Crippen molar-refractivity contribution in [1.29, 1.82) is 0 Å². The summed E-state index contributed by atoms with van der Waals surface area (Å²) in [5.74, 6) is 0.804. The van der Waals surface area contributed by atoms with Gasteiger partial charge in [-0.3, -0.25) is 9.80 Å². The first-order valence-electron chi connectivity index (χ1n) is 8.78. The first-order valence-corrected chi connectivity index (χ1v) is 8.78. The molecule has 2 aromatic carbocycles. The standard InChI is InChI=1S/C21H24N2O2/c1-3-11-23-20(18-7-5-4-6-8-18)13-19(22-23)15-25-21-10-9-17(14-24)12-16(21)2/h4-10,12,14,20H,3,11,13,15H2,1-2H3. The highest BCUT2D eigenvalue weighted by Gasteiger charge is 2.27. The van der Waals surface area contributed by atoms with Crippen LogP contribution >= 0.6 is 0 Å². The van der Waals surface area contributed by atoms with E-state index in [-0.39, 0.29) is 0 Å². The Morgan fingerprint density at radius 1 is 1.24 bits per heavy atom. The van der Waals surface area contributed by atoms with E-state index in [0.717, 1.165) is 42.7 Å². The summed E-state index contributed by atoms with van der Waals surface area (Å²) >= 11 is 0. The normalized spacial score (nSPS) is 16.6. The number of carbonyl (C=O) groups is 1. The van der Waals surface area contributed by atoms with Gasteiger partial charge >= 0.3 is 0 Å². The minimum Gasteiger partial charge on any atom is -0.487 e. The molecule has 3 rings (SSSR count). The van der Waals surface area contributed by atoms with Crippen LogP contribution in [0.2, 0.25) is 0 Å². The maximum absolute atomic E-state index is 10.8. The maximum Gasteiger partial charge on any atom is 0.150 e. The Bertz CT molecular complexity index is 756. The van der Waals surface area contributed by atoms with Crippen LogP contribution in [-0.2, 0) is 0 Å². The molecule has 1 aliphatic rings. The SMILES string of the molecule is CCCN1N=C(COc2ccc(C=O)cc2C)CC1c1ccccc1. The lowest BCUT2D eigenvalue weighted by Crippen LogP contribution is -2.20. The van der Waals surface area contributed by atoms with Gasteiger partial charge in [-0.1, -0.05) is 37.3 Å². The Morgan fingerprint density at radius 2 is 2.04 bits per heavy atom. The van der Waals surface area contributed by atoms with Gasteiger partial charge in [-0.15, -0.1) is 0 Å². The number of benzene rings is 2. The summed E-state index contributed by atoms with van der Waals surface area (Å²) in [6.07, 6.45) is 2.80. The van der Waals surface area contributed by atoms with Crippen LogP contribution in [0.25, 0.3) is 0 Å². The Labute approximate surface area is 149 Å². The van der Waals surface area contributed by atoms with E-state index in [1.54, 1.807) is 6.07 Å². The summed E-state index contributed by atoms with van der Waals surface area (Å²) in [7, 11) is 0. The minimum absolute atomic E-state index is 0.290. The Balaban J connectivity index is 1.68. The van der Waals surface area contributed by atoms with E-state index in [4.69, 9.17) is 9.84 Å². The molecule has 0 amide bonds. The van der Waals surface area contributed by atoms with Crippen LogP contribution in [0.1, 0.15) is 47.3 Å². The largest absolute Gasteiger partial charge is 0.487 e. The minimum atomic E-state index is 0.290. The monoisotopic (exact) mass is 336 g/mol. The first kappa shape index (κ1) is 17.2. The highest BCUT2D eigenvalue weighted by molar-refractivity contribution is 5.87. The number of nitrogens with zero attached hydrogens (tertiary/aromatic N) is 2. The van der Waals surface area contributed by atoms with Crippen molar-refractivity contribution in [2.24, 2.45) is 5.10 Å². The summed E-state index contributed by atoms with van der Waals surface area (Å²) in [4.78, 5) is 10.8. The average molecular weight is 336 g/mol. The van der Waals surface area contributed by atoms with Gasteiger partial charge in [0.1, 0.15) is 18.6 Å². The molecular weight excluding hydrogens is 312 g/mol. The van der Waals surface area contributed by atoms with Gasteiger partial charge < -0.3 is 4.74 Å². The lowest BCUT2D eigenvalue weighted by molar-refractivity contribution is 0.112. The lowest BCUT2D eigenvalue weighted by Gasteiger charge is -2.23. The molecule has 130 valence electrons. The van der Waals surface area contributed by atoms with Gasteiger partial charge in [0, 0.05) is 18.5 Å². The van der Waals surface area contributed by atoms with E-state index < -0.39 is 0 Å². The highest BCUT2D eigenvalue weighted by Crippen LogP contribution is 2.31. The van der Waals surface area contributed by atoms with Crippen molar-refractivity contribution in [1.82, 2.24) is 5.01 Å². The summed E-state index contributed by atoms with van der Waals surface area (Å²) < 4.78 is 5.96. The van der Waals surface area contributed by atoms with Gasteiger partial charge in [0.15, 0.2) is 0 Å². The van der Waals surface area contributed by atoms with Crippen molar-refractivity contribution < 1.29 is 9.53 Å². The van der Waals surface area contributed by atoms with Gasteiger partial charge in [0.25, 0.3) is 0 Å². The molecule has 0 saturated heterocycles. The average Bonchev–Trinajstić information content (AvgIpc) is 3.04. The molecule has 0 spiro atoms. The van der Waals surface area contributed by atoms with Gasteiger partial charge in [-0.2, -0.15) is 5.10 Å². The summed E-state index contributed by atoms with van der Waals surface area (Å²) in [5.41, 5.74) is 3.98. The van der Waals surface area contributed by atoms with Crippen molar-refractivity contribution >= 4 is 12.0 Å². The molecule has 0 saturated carbocycles. The number of hydrogen-bond donors (Lipinski definition) is 0. The molecule has 0 N–H and O–H groups in total. The molecule has 25 heavy (non-hydrogen) atoms. The number of ether oxygens (including phenoxy) is 1. The molecule has 1 aliphatic heterocycles. The molecule has 1 heterocycles. The Morgan fingerprint density at radius 3 is 2.72 bits per heavy atom. The predicted molar refractivity (Wildman–Crippen MR) is 100 cm³/mol. The molecule has 0 bridgehead atoms. The fourth-order valence-electron chi connectivity index (χ4n) is 3.18. The van der Waals surface area contributed by atoms with Crippen molar-refractivity contribution in [3.8, 4) is 5.75 Å². The number of aryl methyl sites for hydroxylation is 1. The zero-order valence-electron chi connectivity index (χ0n) is 14.8. The molecule has 0 aliphatic carbocycles.